The van der Waals surface area contributed by atoms with Crippen molar-refractivity contribution in [3.8, 4) is 0 Å². The third kappa shape index (κ3) is 3.77. The average molecular weight is 337 g/mol. The lowest BCUT2D eigenvalue weighted by Gasteiger charge is -2.22. The van der Waals surface area contributed by atoms with Gasteiger partial charge in [0.15, 0.2) is 0 Å². The Morgan fingerprint density at radius 2 is 2.00 bits per heavy atom. The molecule has 1 aliphatic rings. The number of hydrogen-bond acceptors (Lipinski definition) is 3. The lowest BCUT2D eigenvalue weighted by Crippen LogP contribution is -2.40. The Morgan fingerprint density at radius 1 is 1.30 bits per heavy atom. The van der Waals surface area contributed by atoms with Crippen molar-refractivity contribution in [3.05, 3.63) is 27.2 Å². The summed E-state index contributed by atoms with van der Waals surface area (Å²) < 4.78 is 0. The Hall–Kier alpha value is -0.520. The van der Waals surface area contributed by atoms with E-state index in [9.17, 15) is 4.79 Å². The van der Waals surface area contributed by atoms with Crippen LogP contribution in [0.25, 0.3) is 0 Å². The van der Waals surface area contributed by atoms with Crippen molar-refractivity contribution in [2.24, 2.45) is 5.73 Å². The number of halogens is 3. The van der Waals surface area contributed by atoms with Gasteiger partial charge in [0.1, 0.15) is 0 Å². The third-order valence-corrected chi connectivity index (χ3v) is 4.44. The zero-order valence-electron chi connectivity index (χ0n) is 10.8. The molecule has 1 amide bonds. The van der Waals surface area contributed by atoms with Crippen molar-refractivity contribution in [1.82, 2.24) is 4.90 Å². The summed E-state index contributed by atoms with van der Waals surface area (Å²) in [5, 5.41) is 3.83. The van der Waals surface area contributed by atoms with Gasteiger partial charge >= 0.3 is 0 Å². The van der Waals surface area contributed by atoms with Crippen molar-refractivity contribution in [1.29, 1.82) is 0 Å². The summed E-state index contributed by atoms with van der Waals surface area (Å²) in [6.07, 6.45) is 2.11. The van der Waals surface area contributed by atoms with E-state index in [0.717, 1.165) is 19.4 Å². The van der Waals surface area contributed by atoms with Gasteiger partial charge < -0.3 is 11.1 Å². The average Bonchev–Trinajstić information content (AvgIpc) is 2.83. The first-order valence-corrected chi connectivity index (χ1v) is 7.53. The Bertz CT molecular complexity index is 510. The van der Waals surface area contributed by atoms with Crippen LogP contribution in [0.5, 0.6) is 0 Å². The first kappa shape index (κ1) is 15.9. The molecule has 20 heavy (non-hydrogen) atoms. The maximum Gasteiger partial charge on any atom is 0.238 e. The molecule has 0 aliphatic carbocycles. The molecule has 2 rings (SSSR count). The summed E-state index contributed by atoms with van der Waals surface area (Å²) in [6.45, 7) is 1.77. The number of nitrogens with zero attached hydrogens (tertiary/aromatic N) is 1. The first-order chi connectivity index (χ1) is 9.51. The molecule has 1 aromatic carbocycles. The summed E-state index contributed by atoms with van der Waals surface area (Å²) in [6, 6.07) is 3.35. The number of benzene rings is 1. The molecule has 1 fully saturated rings. The van der Waals surface area contributed by atoms with Gasteiger partial charge in [0.05, 0.1) is 27.3 Å². The van der Waals surface area contributed by atoms with Gasteiger partial charge in [-0.25, -0.2) is 0 Å². The topological polar surface area (TPSA) is 58.4 Å². The standard InChI is InChI=1S/C13H16Cl3N3O/c14-9-4-11(16)12(5-10(9)15)18-13(20)7-19-3-1-2-8(19)6-17/h4-5,8H,1-3,6-7,17H2,(H,18,20). The molecule has 1 unspecified atom stereocenters. The van der Waals surface area contributed by atoms with Gasteiger partial charge in [-0.1, -0.05) is 34.8 Å². The highest BCUT2D eigenvalue weighted by Crippen LogP contribution is 2.32. The Balaban J connectivity index is 1.99. The molecule has 0 saturated carbocycles. The summed E-state index contributed by atoms with van der Waals surface area (Å²) in [4.78, 5) is 14.1. The second-order valence-electron chi connectivity index (χ2n) is 4.80. The van der Waals surface area contributed by atoms with E-state index in [1.165, 1.54) is 6.07 Å². The second kappa shape index (κ2) is 6.96. The van der Waals surface area contributed by atoms with E-state index in [4.69, 9.17) is 40.5 Å². The Morgan fingerprint density at radius 3 is 2.70 bits per heavy atom. The van der Waals surface area contributed by atoms with Crippen LogP contribution in [0, 0.1) is 0 Å². The number of nitrogens with two attached hydrogens (primary N) is 1. The van der Waals surface area contributed by atoms with Crippen LogP contribution in [0.4, 0.5) is 5.69 Å². The number of nitrogens with one attached hydrogen (secondary N) is 1. The number of carbonyl (C=O) groups is 1. The SMILES string of the molecule is NCC1CCCN1CC(=O)Nc1cc(Cl)c(Cl)cc1Cl. The molecule has 1 aliphatic heterocycles. The summed E-state index contributed by atoms with van der Waals surface area (Å²) in [7, 11) is 0. The quantitative estimate of drug-likeness (QED) is 0.831. The van der Waals surface area contributed by atoms with Crippen molar-refractivity contribution in [3.63, 3.8) is 0 Å². The monoisotopic (exact) mass is 335 g/mol. The van der Waals surface area contributed by atoms with Crippen molar-refractivity contribution >= 4 is 46.4 Å². The molecule has 7 heteroatoms. The van der Waals surface area contributed by atoms with Crippen LogP contribution < -0.4 is 11.1 Å². The maximum absolute atomic E-state index is 12.1. The van der Waals surface area contributed by atoms with E-state index in [0.29, 0.717) is 33.8 Å². The second-order valence-corrected chi connectivity index (χ2v) is 6.02. The predicted molar refractivity (Wildman–Crippen MR) is 83.8 cm³/mol. The summed E-state index contributed by atoms with van der Waals surface area (Å²) in [5.74, 6) is -0.134. The molecule has 0 spiro atoms. The number of likely N-dealkylation sites (tertiary alicyclic amines) is 1. The molecule has 3 N–H and O–H groups in total. The van der Waals surface area contributed by atoms with Gasteiger partial charge in [-0.15, -0.1) is 0 Å². The highest BCUT2D eigenvalue weighted by Gasteiger charge is 2.25. The summed E-state index contributed by atoms with van der Waals surface area (Å²) in [5.41, 5.74) is 6.15. The molecule has 0 aromatic heterocycles. The molecular weight excluding hydrogens is 321 g/mol. The fraction of sp³-hybridized carbons (Fsp3) is 0.462. The first-order valence-electron chi connectivity index (χ1n) is 6.39. The molecule has 1 heterocycles. The molecule has 110 valence electrons. The van der Waals surface area contributed by atoms with Gasteiger partial charge in [0, 0.05) is 12.6 Å². The molecule has 1 atom stereocenters. The number of hydrogen-bond donors (Lipinski definition) is 2. The molecule has 1 saturated heterocycles. The van der Waals surface area contributed by atoms with Crippen LogP contribution in [0.1, 0.15) is 12.8 Å². The van der Waals surface area contributed by atoms with Gasteiger partial charge in [-0.05, 0) is 31.5 Å². The smallest absolute Gasteiger partial charge is 0.238 e. The third-order valence-electron chi connectivity index (χ3n) is 3.40. The highest BCUT2D eigenvalue weighted by molar-refractivity contribution is 6.44. The van der Waals surface area contributed by atoms with E-state index >= 15 is 0 Å². The van der Waals surface area contributed by atoms with Crippen LogP contribution in [0.2, 0.25) is 15.1 Å². The van der Waals surface area contributed by atoms with Gasteiger partial charge in [-0.2, -0.15) is 0 Å². The minimum absolute atomic E-state index is 0.134. The van der Waals surface area contributed by atoms with Crippen molar-refractivity contribution in [2.75, 3.05) is 25.0 Å². The maximum atomic E-state index is 12.1. The molecule has 1 aromatic rings. The van der Waals surface area contributed by atoms with Crippen LogP contribution in [-0.4, -0.2) is 36.5 Å². The van der Waals surface area contributed by atoms with Gasteiger partial charge in [0.25, 0.3) is 0 Å². The Labute approximate surface area is 133 Å². The zero-order chi connectivity index (χ0) is 14.7. The fourth-order valence-electron chi connectivity index (χ4n) is 2.36. The van der Waals surface area contributed by atoms with E-state index in [-0.39, 0.29) is 11.9 Å². The van der Waals surface area contributed by atoms with Crippen LogP contribution in [-0.2, 0) is 4.79 Å². The molecule has 4 nitrogen and oxygen atoms in total. The number of anilines is 1. The fourth-order valence-corrected chi connectivity index (χ4v) is 2.96. The molecule has 0 bridgehead atoms. The number of amides is 1. The van der Waals surface area contributed by atoms with Crippen LogP contribution in [0.15, 0.2) is 12.1 Å². The largest absolute Gasteiger partial charge is 0.329 e. The predicted octanol–water partition coefficient (Wildman–Crippen LogP) is 3.01. The number of carbonyl (C=O) groups excluding carboxylic acids is 1. The highest BCUT2D eigenvalue weighted by atomic mass is 35.5. The Kier molecular flexibility index (Phi) is 5.52. The zero-order valence-corrected chi connectivity index (χ0v) is 13.1. The van der Waals surface area contributed by atoms with Crippen molar-refractivity contribution in [2.45, 2.75) is 18.9 Å². The minimum Gasteiger partial charge on any atom is -0.329 e. The van der Waals surface area contributed by atoms with Crippen LogP contribution in [0.3, 0.4) is 0 Å². The lowest BCUT2D eigenvalue weighted by molar-refractivity contribution is -0.117. The molecule has 0 radical (unpaired) electrons. The lowest BCUT2D eigenvalue weighted by atomic mass is 10.2. The van der Waals surface area contributed by atoms with E-state index in [1.54, 1.807) is 6.07 Å². The minimum atomic E-state index is -0.134. The van der Waals surface area contributed by atoms with Gasteiger partial charge in [0.2, 0.25) is 5.91 Å². The number of rotatable bonds is 4. The van der Waals surface area contributed by atoms with Crippen molar-refractivity contribution < 1.29 is 4.79 Å². The summed E-state index contributed by atoms with van der Waals surface area (Å²) >= 11 is 17.8. The molecular formula is C13H16Cl3N3O. The normalized spacial score (nSPS) is 19.3. The van der Waals surface area contributed by atoms with E-state index in [1.807, 2.05) is 0 Å². The van der Waals surface area contributed by atoms with E-state index < -0.39 is 0 Å². The van der Waals surface area contributed by atoms with Crippen LogP contribution >= 0.6 is 34.8 Å². The van der Waals surface area contributed by atoms with E-state index in [2.05, 4.69) is 10.2 Å². The van der Waals surface area contributed by atoms with Gasteiger partial charge in [-0.3, -0.25) is 9.69 Å².